The Labute approximate surface area is 118 Å². The largest absolute Gasteiger partial charge is 0.493 e. The molecule has 0 aromatic heterocycles. The molecule has 0 unspecified atom stereocenters. The van der Waals surface area contributed by atoms with Crippen LogP contribution in [-0.4, -0.2) is 25.3 Å². The number of methoxy groups -OCH3 is 2. The van der Waals surface area contributed by atoms with Crippen LogP contribution >= 0.6 is 11.6 Å². The Morgan fingerprint density at radius 1 is 1.32 bits per heavy atom. The van der Waals surface area contributed by atoms with Crippen molar-refractivity contribution in [3.63, 3.8) is 0 Å². The summed E-state index contributed by atoms with van der Waals surface area (Å²) in [5.41, 5.74) is 0.796. The molecule has 1 aromatic carbocycles. The van der Waals surface area contributed by atoms with Gasteiger partial charge in [-0.3, -0.25) is 4.79 Å². The molecule has 0 saturated heterocycles. The number of carbonyl (C=O) groups is 1. The van der Waals surface area contributed by atoms with E-state index in [4.69, 9.17) is 21.1 Å². The summed E-state index contributed by atoms with van der Waals surface area (Å²) in [6.45, 7) is 5.23. The van der Waals surface area contributed by atoms with Crippen LogP contribution in [0.15, 0.2) is 6.07 Å². The minimum absolute atomic E-state index is 0.338. The summed E-state index contributed by atoms with van der Waals surface area (Å²) >= 11 is 6.10. The fraction of sp³-hybridized carbons (Fsp3) is 0.500. The van der Waals surface area contributed by atoms with E-state index in [9.17, 15) is 9.90 Å². The highest BCUT2D eigenvalue weighted by Crippen LogP contribution is 2.42. The predicted molar refractivity (Wildman–Crippen MR) is 74.4 cm³/mol. The monoisotopic (exact) mass is 286 g/mol. The highest BCUT2D eigenvalue weighted by Gasteiger charge is 2.30. The number of carboxylic acids is 1. The van der Waals surface area contributed by atoms with E-state index in [0.717, 1.165) is 11.1 Å². The first-order valence-electron chi connectivity index (χ1n) is 5.88. The lowest BCUT2D eigenvalue weighted by atomic mass is 9.84. The third-order valence-corrected chi connectivity index (χ3v) is 3.40. The normalized spacial score (nSPS) is 11.3. The molecule has 4 nitrogen and oxygen atoms in total. The summed E-state index contributed by atoms with van der Waals surface area (Å²) in [7, 11) is 3.02. The molecule has 0 bridgehead atoms. The Balaban J connectivity index is 3.38. The predicted octanol–water partition coefficient (Wildman–Crippen LogP) is 3.32. The topological polar surface area (TPSA) is 55.8 Å². The Kier molecular flexibility index (Phi) is 4.69. The van der Waals surface area contributed by atoms with Crippen LogP contribution in [0.4, 0.5) is 0 Å². The van der Waals surface area contributed by atoms with Gasteiger partial charge in [-0.15, -0.1) is 0 Å². The van der Waals surface area contributed by atoms with Gasteiger partial charge >= 0.3 is 5.97 Å². The molecule has 1 N–H and O–H groups in total. The highest BCUT2D eigenvalue weighted by molar-refractivity contribution is 6.32. The molecular weight excluding hydrogens is 268 g/mol. The van der Waals surface area contributed by atoms with Crippen LogP contribution in [-0.2, 0) is 11.2 Å². The lowest BCUT2D eigenvalue weighted by molar-refractivity contribution is -0.146. The van der Waals surface area contributed by atoms with E-state index in [1.54, 1.807) is 19.9 Å². The second-order valence-corrected chi connectivity index (χ2v) is 5.49. The lowest BCUT2D eigenvalue weighted by Gasteiger charge is -2.23. The number of ether oxygens (including phenoxy) is 2. The van der Waals surface area contributed by atoms with E-state index in [2.05, 4.69) is 0 Å². The van der Waals surface area contributed by atoms with Gasteiger partial charge in [0.1, 0.15) is 0 Å². The van der Waals surface area contributed by atoms with Crippen molar-refractivity contribution < 1.29 is 19.4 Å². The summed E-state index contributed by atoms with van der Waals surface area (Å²) in [6.07, 6.45) is 0.338. The molecule has 0 amide bonds. The van der Waals surface area contributed by atoms with Gasteiger partial charge in [0.2, 0.25) is 0 Å². The number of carboxylic acid groups (broad SMARTS) is 1. The van der Waals surface area contributed by atoms with Crippen molar-refractivity contribution in [2.75, 3.05) is 14.2 Å². The van der Waals surface area contributed by atoms with Crippen LogP contribution < -0.4 is 9.47 Å². The summed E-state index contributed by atoms with van der Waals surface area (Å²) < 4.78 is 10.6. The van der Waals surface area contributed by atoms with Crippen molar-refractivity contribution in [3.05, 3.63) is 22.2 Å². The third kappa shape index (κ3) is 3.13. The average Bonchev–Trinajstić information content (AvgIpc) is 2.31. The highest BCUT2D eigenvalue weighted by atomic mass is 35.5. The number of benzene rings is 1. The molecule has 0 saturated carbocycles. The van der Waals surface area contributed by atoms with Crippen molar-refractivity contribution in [2.24, 2.45) is 5.41 Å². The zero-order valence-corrected chi connectivity index (χ0v) is 12.6. The fourth-order valence-electron chi connectivity index (χ4n) is 1.91. The molecule has 0 radical (unpaired) electrons. The molecule has 0 heterocycles. The maximum atomic E-state index is 11.3. The Morgan fingerprint density at radius 2 is 1.84 bits per heavy atom. The Hall–Kier alpha value is -1.42. The first-order chi connectivity index (χ1) is 8.74. The second-order valence-electron chi connectivity index (χ2n) is 5.09. The minimum atomic E-state index is -0.892. The molecule has 0 fully saturated rings. The Morgan fingerprint density at radius 3 is 2.26 bits per heavy atom. The summed E-state index contributed by atoms with van der Waals surface area (Å²) in [5.74, 6) is 0.0793. The summed E-state index contributed by atoms with van der Waals surface area (Å²) in [6, 6.07) is 1.76. The zero-order valence-electron chi connectivity index (χ0n) is 11.8. The van der Waals surface area contributed by atoms with Crippen LogP contribution in [0.3, 0.4) is 0 Å². The molecular formula is C14H19ClO4. The molecule has 0 aliphatic heterocycles. The molecule has 0 aliphatic rings. The first kappa shape index (κ1) is 15.6. The number of aliphatic carboxylic acids is 1. The summed E-state index contributed by atoms with van der Waals surface area (Å²) in [5, 5.41) is 9.69. The van der Waals surface area contributed by atoms with Gasteiger partial charge in [-0.1, -0.05) is 11.6 Å². The van der Waals surface area contributed by atoms with Crippen molar-refractivity contribution in [2.45, 2.75) is 27.2 Å². The van der Waals surface area contributed by atoms with Gasteiger partial charge in [0, 0.05) is 5.56 Å². The van der Waals surface area contributed by atoms with Crippen molar-refractivity contribution >= 4 is 17.6 Å². The van der Waals surface area contributed by atoms with Gasteiger partial charge in [-0.05, 0) is 38.8 Å². The van der Waals surface area contributed by atoms with Gasteiger partial charge in [0.15, 0.2) is 11.5 Å². The van der Waals surface area contributed by atoms with Gasteiger partial charge in [-0.2, -0.15) is 0 Å². The number of aryl methyl sites for hydroxylation is 1. The van der Waals surface area contributed by atoms with Crippen molar-refractivity contribution in [3.8, 4) is 11.5 Å². The minimum Gasteiger partial charge on any atom is -0.493 e. The third-order valence-electron chi connectivity index (χ3n) is 3.12. The van der Waals surface area contributed by atoms with Gasteiger partial charge < -0.3 is 14.6 Å². The van der Waals surface area contributed by atoms with Crippen LogP contribution in [0.25, 0.3) is 0 Å². The standard InChI is InChI=1S/C14H19ClO4/c1-8-6-10(15)12(19-5)11(18-4)9(8)7-14(2,3)13(16)17/h6H,7H2,1-5H3,(H,16,17). The van der Waals surface area contributed by atoms with Crippen LogP contribution in [0.1, 0.15) is 25.0 Å². The van der Waals surface area contributed by atoms with E-state index in [1.807, 2.05) is 6.92 Å². The number of hydrogen-bond acceptors (Lipinski definition) is 3. The van der Waals surface area contributed by atoms with Gasteiger partial charge in [0.25, 0.3) is 0 Å². The van der Waals surface area contributed by atoms with E-state index in [-0.39, 0.29) is 0 Å². The zero-order chi connectivity index (χ0) is 14.8. The maximum absolute atomic E-state index is 11.3. The SMILES string of the molecule is COc1c(Cl)cc(C)c(CC(C)(C)C(=O)O)c1OC. The van der Waals surface area contributed by atoms with Gasteiger partial charge in [-0.25, -0.2) is 0 Å². The van der Waals surface area contributed by atoms with E-state index < -0.39 is 11.4 Å². The molecule has 19 heavy (non-hydrogen) atoms. The van der Waals surface area contributed by atoms with E-state index in [1.165, 1.54) is 14.2 Å². The number of halogens is 1. The number of hydrogen-bond donors (Lipinski definition) is 1. The van der Waals surface area contributed by atoms with Crippen molar-refractivity contribution in [1.29, 1.82) is 0 Å². The average molecular weight is 287 g/mol. The maximum Gasteiger partial charge on any atom is 0.309 e. The Bertz CT molecular complexity index is 495. The summed E-state index contributed by atoms with van der Waals surface area (Å²) in [4.78, 5) is 11.3. The van der Waals surface area contributed by atoms with Crippen LogP contribution in [0, 0.1) is 12.3 Å². The second kappa shape index (κ2) is 5.70. The first-order valence-corrected chi connectivity index (χ1v) is 6.25. The van der Waals surface area contributed by atoms with Crippen molar-refractivity contribution in [1.82, 2.24) is 0 Å². The lowest BCUT2D eigenvalue weighted by Crippen LogP contribution is -2.26. The van der Waals surface area contributed by atoms with E-state index >= 15 is 0 Å². The smallest absolute Gasteiger partial charge is 0.309 e. The molecule has 0 atom stereocenters. The van der Waals surface area contributed by atoms with E-state index in [0.29, 0.717) is 22.9 Å². The van der Waals surface area contributed by atoms with Crippen LogP contribution in [0.2, 0.25) is 5.02 Å². The molecule has 5 heteroatoms. The molecule has 1 rings (SSSR count). The number of rotatable bonds is 5. The molecule has 106 valence electrons. The molecule has 0 spiro atoms. The quantitative estimate of drug-likeness (QED) is 0.902. The fourth-order valence-corrected chi connectivity index (χ4v) is 2.24. The van der Waals surface area contributed by atoms with Crippen LogP contribution in [0.5, 0.6) is 11.5 Å². The van der Waals surface area contributed by atoms with Gasteiger partial charge in [0.05, 0.1) is 24.7 Å². The molecule has 0 aliphatic carbocycles. The molecule has 1 aromatic rings.